The molecule has 0 aliphatic carbocycles. The number of anilines is 1. The van der Waals surface area contributed by atoms with Crippen molar-refractivity contribution in [2.45, 2.75) is 37.9 Å². The van der Waals surface area contributed by atoms with Crippen LogP contribution in [0.2, 0.25) is 5.28 Å². The van der Waals surface area contributed by atoms with Crippen molar-refractivity contribution in [3.05, 3.63) is 11.6 Å². The molecule has 24 heavy (non-hydrogen) atoms. The summed E-state index contributed by atoms with van der Waals surface area (Å²) < 4.78 is 24.3. The van der Waals surface area contributed by atoms with Crippen LogP contribution in [0.15, 0.2) is 6.33 Å². The summed E-state index contributed by atoms with van der Waals surface area (Å²) in [5, 5.41) is 9.56. The van der Waals surface area contributed by atoms with E-state index >= 15 is 0 Å². The van der Waals surface area contributed by atoms with E-state index in [0.717, 1.165) is 0 Å². The first-order chi connectivity index (χ1) is 11.6. The van der Waals surface area contributed by atoms with E-state index in [1.165, 1.54) is 6.33 Å². The van der Waals surface area contributed by atoms with Crippen molar-refractivity contribution in [1.82, 2.24) is 19.5 Å². The fraction of sp³-hybridized carbons (Fsp3) is 0.615. The van der Waals surface area contributed by atoms with Crippen LogP contribution < -0.4 is 5.73 Å². The molecular weight excluding hydrogens is 342 g/mol. The first-order valence-corrected chi connectivity index (χ1v) is 7.84. The lowest BCUT2D eigenvalue weighted by molar-refractivity contribution is -0.265. The van der Waals surface area contributed by atoms with Gasteiger partial charge in [-0.1, -0.05) is 0 Å². The summed E-state index contributed by atoms with van der Waals surface area (Å²) in [4.78, 5) is 12.2. The predicted octanol–water partition coefficient (Wildman–Crippen LogP) is 0.0557. The molecule has 130 valence electrons. The Hall–Kier alpha value is -1.56. The van der Waals surface area contributed by atoms with E-state index < -0.39 is 31.0 Å². The largest absolute Gasteiger partial charge is 0.394 e. The third-order valence-electron chi connectivity index (χ3n) is 4.00. The third-order valence-corrected chi connectivity index (χ3v) is 4.17. The molecule has 11 heteroatoms. The van der Waals surface area contributed by atoms with E-state index in [0.29, 0.717) is 17.8 Å². The van der Waals surface area contributed by atoms with Crippen molar-refractivity contribution in [3.8, 4) is 0 Å². The lowest BCUT2D eigenvalue weighted by Gasteiger charge is -2.20. The Morgan fingerprint density at radius 1 is 1.33 bits per heavy atom. The summed E-state index contributed by atoms with van der Waals surface area (Å²) in [7, 11) is 0. The topological polar surface area (TPSA) is 127 Å². The Balaban J connectivity index is 1.71. The number of hydrogen-bond donors (Lipinski definition) is 2. The van der Waals surface area contributed by atoms with E-state index in [-0.39, 0.29) is 17.7 Å². The molecule has 10 nitrogen and oxygen atoms in total. The average Bonchev–Trinajstić information content (AvgIpc) is 3.20. The summed E-state index contributed by atoms with van der Waals surface area (Å²) in [6.07, 6.45) is -0.620. The van der Waals surface area contributed by atoms with Gasteiger partial charge < -0.3 is 29.8 Å². The highest BCUT2D eigenvalue weighted by Gasteiger charge is 2.54. The van der Waals surface area contributed by atoms with Crippen LogP contribution in [0.25, 0.3) is 11.2 Å². The molecule has 0 aromatic carbocycles. The number of hydrogen-bond acceptors (Lipinski definition) is 9. The smallest absolute Gasteiger partial charge is 0.272 e. The van der Waals surface area contributed by atoms with Gasteiger partial charge in [-0.2, -0.15) is 9.97 Å². The predicted molar refractivity (Wildman–Crippen MR) is 80.9 cm³/mol. The van der Waals surface area contributed by atoms with Gasteiger partial charge in [0.15, 0.2) is 17.7 Å². The van der Waals surface area contributed by atoms with E-state index in [2.05, 4.69) is 15.0 Å². The van der Waals surface area contributed by atoms with E-state index in [4.69, 9.17) is 36.3 Å². The SMILES string of the molecule is CCOC1O[C@@H]2[C@H](O1)[C@@H](CO)O[C@H]2n1cnc2c(N)nc(Cl)nc21. The summed E-state index contributed by atoms with van der Waals surface area (Å²) in [6.45, 7) is 1.25. The first kappa shape index (κ1) is 15.9. The van der Waals surface area contributed by atoms with Crippen LogP contribution in [-0.4, -0.2) is 62.6 Å². The molecule has 2 aliphatic rings. The van der Waals surface area contributed by atoms with Gasteiger partial charge >= 0.3 is 0 Å². The molecular formula is C13H16ClN5O5. The summed E-state index contributed by atoms with van der Waals surface area (Å²) >= 11 is 5.89. The molecule has 1 unspecified atom stereocenters. The number of aliphatic hydroxyl groups excluding tert-OH is 1. The minimum absolute atomic E-state index is 0.00536. The van der Waals surface area contributed by atoms with Gasteiger partial charge in [0, 0.05) is 6.61 Å². The van der Waals surface area contributed by atoms with Gasteiger partial charge in [0.1, 0.15) is 23.8 Å². The van der Waals surface area contributed by atoms with Crippen molar-refractivity contribution < 1.29 is 24.1 Å². The molecule has 0 saturated carbocycles. The second kappa shape index (κ2) is 6.06. The summed E-state index contributed by atoms with van der Waals surface area (Å²) in [6, 6.07) is 0. The average molecular weight is 358 g/mol. The van der Waals surface area contributed by atoms with Crippen molar-refractivity contribution in [2.24, 2.45) is 0 Å². The highest BCUT2D eigenvalue weighted by atomic mass is 35.5. The van der Waals surface area contributed by atoms with E-state index in [1.54, 1.807) is 4.57 Å². The number of aromatic nitrogens is 4. The Labute approximate surface area is 141 Å². The van der Waals surface area contributed by atoms with Crippen LogP contribution in [0, 0.1) is 0 Å². The first-order valence-electron chi connectivity index (χ1n) is 7.46. The highest BCUT2D eigenvalue weighted by Crippen LogP contribution is 2.40. The number of halogens is 1. The Morgan fingerprint density at radius 3 is 2.88 bits per heavy atom. The van der Waals surface area contributed by atoms with Gasteiger partial charge in [-0.25, -0.2) is 4.98 Å². The Morgan fingerprint density at radius 2 is 2.12 bits per heavy atom. The van der Waals surface area contributed by atoms with Crippen molar-refractivity contribution in [3.63, 3.8) is 0 Å². The van der Waals surface area contributed by atoms with Gasteiger partial charge in [-0.3, -0.25) is 4.57 Å². The molecule has 2 aromatic heterocycles. The third kappa shape index (κ3) is 2.42. The van der Waals surface area contributed by atoms with Crippen LogP contribution in [0.4, 0.5) is 5.82 Å². The van der Waals surface area contributed by atoms with Gasteiger partial charge in [-0.05, 0) is 18.5 Å². The van der Waals surface area contributed by atoms with Gasteiger partial charge in [0.25, 0.3) is 6.48 Å². The number of ether oxygens (including phenoxy) is 4. The molecule has 2 aromatic rings. The second-order valence-electron chi connectivity index (χ2n) is 5.40. The van der Waals surface area contributed by atoms with Crippen LogP contribution in [0.3, 0.4) is 0 Å². The van der Waals surface area contributed by atoms with Crippen molar-refractivity contribution in [2.75, 3.05) is 18.9 Å². The fourth-order valence-corrected chi connectivity index (χ4v) is 3.16. The zero-order chi connectivity index (χ0) is 16.8. The number of nitrogens with two attached hydrogens (primary N) is 1. The molecule has 2 saturated heterocycles. The number of nitrogen functional groups attached to an aromatic ring is 1. The molecule has 0 radical (unpaired) electrons. The number of aliphatic hydroxyl groups is 1. The lowest BCUT2D eigenvalue weighted by atomic mass is 10.1. The maximum atomic E-state index is 9.55. The maximum absolute atomic E-state index is 9.55. The molecule has 0 spiro atoms. The molecule has 5 atom stereocenters. The molecule has 2 aliphatic heterocycles. The quantitative estimate of drug-likeness (QED) is 0.730. The standard InChI is InChI=1S/C13H16ClN5O5/c1-2-21-13-23-7-5(3-20)22-11(8(7)24-13)19-4-16-6-9(15)17-12(14)18-10(6)19/h4-5,7-8,11,13,20H,2-3H2,1H3,(H2,15,17,18)/t5-,7-,8-,11-,13?/m1/s1. The number of imidazole rings is 1. The molecule has 4 heterocycles. The van der Waals surface area contributed by atoms with Crippen molar-refractivity contribution in [1.29, 1.82) is 0 Å². The Bertz CT molecular complexity index is 758. The zero-order valence-corrected chi connectivity index (χ0v) is 13.5. The number of fused-ring (bicyclic) bond motifs is 2. The van der Waals surface area contributed by atoms with Gasteiger partial charge in [-0.15, -0.1) is 0 Å². The van der Waals surface area contributed by atoms with E-state index in [1.807, 2.05) is 6.92 Å². The minimum atomic E-state index is -0.802. The maximum Gasteiger partial charge on any atom is 0.272 e. The monoisotopic (exact) mass is 357 g/mol. The summed E-state index contributed by atoms with van der Waals surface area (Å²) in [5.41, 5.74) is 6.65. The van der Waals surface area contributed by atoms with Crippen molar-refractivity contribution >= 4 is 28.6 Å². The minimum Gasteiger partial charge on any atom is -0.394 e. The highest BCUT2D eigenvalue weighted by molar-refractivity contribution is 6.28. The lowest BCUT2D eigenvalue weighted by Crippen LogP contribution is -2.31. The molecule has 4 rings (SSSR count). The number of nitrogens with zero attached hydrogens (tertiary/aromatic N) is 4. The second-order valence-corrected chi connectivity index (χ2v) is 5.73. The van der Waals surface area contributed by atoms with Crippen LogP contribution in [0.1, 0.15) is 13.2 Å². The molecule has 0 bridgehead atoms. The molecule has 3 N–H and O–H groups in total. The van der Waals surface area contributed by atoms with Crippen LogP contribution in [-0.2, 0) is 18.9 Å². The normalized spacial score (nSPS) is 32.5. The van der Waals surface area contributed by atoms with E-state index in [9.17, 15) is 5.11 Å². The van der Waals surface area contributed by atoms with Gasteiger partial charge in [0.05, 0.1) is 12.9 Å². The summed E-state index contributed by atoms with van der Waals surface area (Å²) in [5.74, 6) is 0.174. The number of rotatable bonds is 4. The van der Waals surface area contributed by atoms with Crippen LogP contribution in [0.5, 0.6) is 0 Å². The van der Waals surface area contributed by atoms with Crippen LogP contribution >= 0.6 is 11.6 Å². The molecule has 0 amide bonds. The Kier molecular flexibility index (Phi) is 4.03. The zero-order valence-electron chi connectivity index (χ0n) is 12.7. The molecule has 2 fully saturated rings. The van der Waals surface area contributed by atoms with Gasteiger partial charge in [0.2, 0.25) is 5.28 Å². The fourth-order valence-electron chi connectivity index (χ4n) is 2.99.